The molecule has 0 fully saturated rings. The standard InChI is InChI=1S/C15H15NO3/c1-2-18-15(17)14(12-8-4-3-5-9-12)19-13-10-6-7-11-16-13/h3-11,14H,2H2,1H3. The van der Waals surface area contributed by atoms with E-state index in [2.05, 4.69) is 4.98 Å². The molecule has 98 valence electrons. The summed E-state index contributed by atoms with van der Waals surface area (Å²) < 4.78 is 10.7. The van der Waals surface area contributed by atoms with E-state index in [1.807, 2.05) is 30.3 Å². The first kappa shape index (κ1) is 13.1. The van der Waals surface area contributed by atoms with E-state index in [0.717, 1.165) is 5.56 Å². The number of carbonyl (C=O) groups excluding carboxylic acids is 1. The molecule has 0 aliphatic rings. The third-order valence-corrected chi connectivity index (χ3v) is 2.48. The van der Waals surface area contributed by atoms with Crippen LogP contribution in [0.15, 0.2) is 54.7 Å². The number of pyridine rings is 1. The van der Waals surface area contributed by atoms with Gasteiger partial charge in [0, 0.05) is 17.8 Å². The summed E-state index contributed by atoms with van der Waals surface area (Å²) in [6, 6.07) is 14.5. The molecule has 0 saturated heterocycles. The molecule has 0 N–H and O–H groups in total. The van der Waals surface area contributed by atoms with Gasteiger partial charge in [-0.3, -0.25) is 0 Å². The van der Waals surface area contributed by atoms with E-state index in [4.69, 9.17) is 9.47 Å². The van der Waals surface area contributed by atoms with Crippen molar-refractivity contribution in [2.45, 2.75) is 13.0 Å². The highest BCUT2D eigenvalue weighted by Gasteiger charge is 2.24. The number of nitrogens with zero attached hydrogens (tertiary/aromatic N) is 1. The van der Waals surface area contributed by atoms with E-state index >= 15 is 0 Å². The Morgan fingerprint density at radius 2 is 1.89 bits per heavy atom. The SMILES string of the molecule is CCOC(=O)C(Oc1ccccn1)c1ccccc1. The van der Waals surface area contributed by atoms with Crippen molar-refractivity contribution in [1.29, 1.82) is 0 Å². The van der Waals surface area contributed by atoms with Gasteiger partial charge in [0.15, 0.2) is 0 Å². The molecule has 0 spiro atoms. The molecule has 0 aliphatic heterocycles. The van der Waals surface area contributed by atoms with Gasteiger partial charge in [-0.25, -0.2) is 9.78 Å². The lowest BCUT2D eigenvalue weighted by Crippen LogP contribution is -2.21. The maximum atomic E-state index is 12.0. The van der Waals surface area contributed by atoms with Gasteiger partial charge in [0.1, 0.15) is 0 Å². The van der Waals surface area contributed by atoms with E-state index in [-0.39, 0.29) is 0 Å². The Kier molecular flexibility index (Phi) is 4.50. The Bertz CT molecular complexity index is 513. The number of aromatic nitrogens is 1. The molecule has 1 aromatic carbocycles. The van der Waals surface area contributed by atoms with Crippen molar-refractivity contribution in [3.63, 3.8) is 0 Å². The third kappa shape index (κ3) is 3.55. The fraction of sp³-hybridized carbons (Fsp3) is 0.200. The molecular weight excluding hydrogens is 242 g/mol. The zero-order valence-corrected chi connectivity index (χ0v) is 10.7. The Morgan fingerprint density at radius 3 is 2.53 bits per heavy atom. The normalized spacial score (nSPS) is 11.6. The molecule has 4 heteroatoms. The van der Waals surface area contributed by atoms with Crippen molar-refractivity contribution < 1.29 is 14.3 Å². The number of rotatable bonds is 5. The quantitative estimate of drug-likeness (QED) is 0.773. The smallest absolute Gasteiger partial charge is 0.352 e. The first-order valence-electron chi connectivity index (χ1n) is 6.10. The summed E-state index contributed by atoms with van der Waals surface area (Å²) in [5.41, 5.74) is 0.742. The molecule has 1 atom stereocenters. The van der Waals surface area contributed by atoms with Gasteiger partial charge in [-0.2, -0.15) is 0 Å². The van der Waals surface area contributed by atoms with Gasteiger partial charge < -0.3 is 9.47 Å². The first-order chi connectivity index (χ1) is 9.31. The monoisotopic (exact) mass is 257 g/mol. The van der Waals surface area contributed by atoms with Crippen LogP contribution in [-0.2, 0) is 9.53 Å². The maximum absolute atomic E-state index is 12.0. The van der Waals surface area contributed by atoms with Crippen molar-refractivity contribution in [3.05, 3.63) is 60.3 Å². The Hall–Kier alpha value is -2.36. The Balaban J connectivity index is 2.22. The summed E-state index contributed by atoms with van der Waals surface area (Å²) in [5.74, 6) is -0.0243. The molecule has 0 bridgehead atoms. The number of esters is 1. The third-order valence-electron chi connectivity index (χ3n) is 2.48. The molecule has 0 amide bonds. The van der Waals surface area contributed by atoms with E-state index < -0.39 is 12.1 Å². The average molecular weight is 257 g/mol. The minimum atomic E-state index is -0.795. The fourth-order valence-corrected chi connectivity index (χ4v) is 1.64. The van der Waals surface area contributed by atoms with E-state index in [9.17, 15) is 4.79 Å². The minimum Gasteiger partial charge on any atom is -0.463 e. The Morgan fingerprint density at radius 1 is 1.16 bits per heavy atom. The molecule has 0 radical (unpaired) electrons. The number of hydrogen-bond acceptors (Lipinski definition) is 4. The predicted octanol–water partition coefficient (Wildman–Crippen LogP) is 2.76. The number of benzene rings is 1. The summed E-state index contributed by atoms with van der Waals surface area (Å²) in [4.78, 5) is 16.0. The summed E-state index contributed by atoms with van der Waals surface area (Å²) in [5, 5.41) is 0. The van der Waals surface area contributed by atoms with Gasteiger partial charge in [-0.1, -0.05) is 36.4 Å². The summed E-state index contributed by atoms with van der Waals surface area (Å²) >= 11 is 0. The zero-order valence-electron chi connectivity index (χ0n) is 10.7. The minimum absolute atomic E-state index is 0.313. The predicted molar refractivity (Wildman–Crippen MR) is 70.7 cm³/mol. The van der Waals surface area contributed by atoms with Crippen LogP contribution < -0.4 is 4.74 Å². The van der Waals surface area contributed by atoms with Gasteiger partial charge >= 0.3 is 5.97 Å². The molecule has 19 heavy (non-hydrogen) atoms. The highest BCUT2D eigenvalue weighted by Crippen LogP contribution is 2.21. The van der Waals surface area contributed by atoms with Crippen molar-refractivity contribution in [2.24, 2.45) is 0 Å². The van der Waals surface area contributed by atoms with E-state index in [0.29, 0.717) is 12.5 Å². The molecule has 1 unspecified atom stereocenters. The van der Waals surface area contributed by atoms with Crippen molar-refractivity contribution >= 4 is 5.97 Å². The van der Waals surface area contributed by atoms with Gasteiger partial charge in [-0.05, 0) is 13.0 Å². The van der Waals surface area contributed by atoms with Crippen LogP contribution in [0, 0.1) is 0 Å². The van der Waals surface area contributed by atoms with Crippen molar-refractivity contribution in [2.75, 3.05) is 6.61 Å². The number of carbonyl (C=O) groups is 1. The van der Waals surface area contributed by atoms with Gasteiger partial charge in [0.25, 0.3) is 0 Å². The van der Waals surface area contributed by atoms with E-state index in [1.54, 1.807) is 31.3 Å². The van der Waals surface area contributed by atoms with Crippen LogP contribution in [0.25, 0.3) is 0 Å². The lowest BCUT2D eigenvalue weighted by molar-refractivity contribution is -0.151. The van der Waals surface area contributed by atoms with Crippen LogP contribution in [0.4, 0.5) is 0 Å². The number of ether oxygens (including phenoxy) is 2. The van der Waals surface area contributed by atoms with Crippen LogP contribution in [0.2, 0.25) is 0 Å². The van der Waals surface area contributed by atoms with Crippen LogP contribution >= 0.6 is 0 Å². The van der Waals surface area contributed by atoms with Gasteiger partial charge in [-0.15, -0.1) is 0 Å². The second-order valence-electron chi connectivity index (χ2n) is 3.83. The second-order valence-corrected chi connectivity index (χ2v) is 3.83. The zero-order chi connectivity index (χ0) is 13.5. The topological polar surface area (TPSA) is 48.4 Å². The first-order valence-corrected chi connectivity index (χ1v) is 6.10. The van der Waals surface area contributed by atoms with Crippen molar-refractivity contribution in [1.82, 2.24) is 4.98 Å². The summed E-state index contributed by atoms with van der Waals surface area (Å²) in [7, 11) is 0. The van der Waals surface area contributed by atoms with Crippen LogP contribution in [0.1, 0.15) is 18.6 Å². The number of hydrogen-bond donors (Lipinski definition) is 0. The molecule has 1 heterocycles. The molecule has 2 rings (SSSR count). The van der Waals surface area contributed by atoms with Crippen LogP contribution in [0.3, 0.4) is 0 Å². The largest absolute Gasteiger partial charge is 0.463 e. The highest BCUT2D eigenvalue weighted by atomic mass is 16.6. The fourth-order valence-electron chi connectivity index (χ4n) is 1.64. The molecule has 4 nitrogen and oxygen atoms in total. The summed E-state index contributed by atoms with van der Waals surface area (Å²) in [6.07, 6.45) is 0.818. The molecule has 1 aromatic heterocycles. The lowest BCUT2D eigenvalue weighted by atomic mass is 10.1. The molecular formula is C15H15NO3. The molecule has 2 aromatic rings. The van der Waals surface area contributed by atoms with Crippen LogP contribution in [-0.4, -0.2) is 17.6 Å². The summed E-state index contributed by atoms with van der Waals surface area (Å²) in [6.45, 7) is 2.08. The highest BCUT2D eigenvalue weighted by molar-refractivity contribution is 5.76. The van der Waals surface area contributed by atoms with E-state index in [1.165, 1.54) is 0 Å². The molecule has 0 saturated carbocycles. The van der Waals surface area contributed by atoms with Gasteiger partial charge in [0.2, 0.25) is 12.0 Å². The Labute approximate surface area is 112 Å². The average Bonchev–Trinajstić information content (AvgIpc) is 2.47. The lowest BCUT2D eigenvalue weighted by Gasteiger charge is -2.17. The molecule has 0 aliphatic carbocycles. The van der Waals surface area contributed by atoms with Crippen LogP contribution in [0.5, 0.6) is 5.88 Å². The van der Waals surface area contributed by atoms with Crippen molar-refractivity contribution in [3.8, 4) is 5.88 Å². The second kappa shape index (κ2) is 6.54. The van der Waals surface area contributed by atoms with Gasteiger partial charge in [0.05, 0.1) is 6.61 Å². The maximum Gasteiger partial charge on any atom is 0.352 e.